The van der Waals surface area contributed by atoms with Gasteiger partial charge in [-0.15, -0.1) is 28.5 Å². The summed E-state index contributed by atoms with van der Waals surface area (Å²) in [6.07, 6.45) is -9.06. The maximum atomic E-state index is 14.7. The number of ether oxygens (including phenoxy) is 3. The minimum absolute atomic E-state index is 0.0130. The molecule has 0 spiro atoms. The van der Waals surface area contributed by atoms with E-state index in [1.165, 1.54) is 0 Å². The number of methoxy groups -OCH3 is 1. The van der Waals surface area contributed by atoms with Crippen molar-refractivity contribution in [2.24, 2.45) is 0 Å². The van der Waals surface area contributed by atoms with E-state index in [0.29, 0.717) is 0 Å². The lowest BCUT2D eigenvalue weighted by atomic mass is 9.91. The summed E-state index contributed by atoms with van der Waals surface area (Å²) in [5.74, 6) is -7.93. The van der Waals surface area contributed by atoms with Gasteiger partial charge < -0.3 is 24.4 Å². The van der Waals surface area contributed by atoms with Crippen molar-refractivity contribution in [1.82, 2.24) is 29.8 Å². The van der Waals surface area contributed by atoms with Gasteiger partial charge in [0.1, 0.15) is 42.5 Å². The SMILES string of the molecule is CO[C@@H]1[C@@H](n2cc(-c3c(F)c(F)c(Br)c(F)c3F)nn2)[C@@H](O)[C@@H](CO)O[C@H]1c1nncn1-c1cc(Cl)ccc1OC(F)(F)F. The highest BCUT2D eigenvalue weighted by Crippen LogP contribution is 2.42. The van der Waals surface area contributed by atoms with Crippen LogP contribution in [0.1, 0.15) is 18.0 Å². The number of rotatable bonds is 7. The quantitative estimate of drug-likeness (QED) is 0.162. The lowest BCUT2D eigenvalue weighted by molar-refractivity contribution is -0.274. The van der Waals surface area contributed by atoms with Crippen LogP contribution in [0.25, 0.3) is 16.9 Å². The van der Waals surface area contributed by atoms with E-state index in [9.17, 15) is 40.9 Å². The smallest absolute Gasteiger partial charge is 0.404 e. The van der Waals surface area contributed by atoms with E-state index in [0.717, 1.165) is 47.1 Å². The standard InChI is InChI=1S/C24H17BrClF7N6O5/c1-42-21-19(39-5-9(35-37-39)13-15(27)17(29)14(25)18(30)16(13)28)20(41)12(6-40)43-22(21)23-36-34-7-38(23)10-4-8(26)2-3-11(10)44-24(31,32)33/h2-5,7,12,19-22,40-41H,6H2,1H3/t12-,19+,20+,21-,22-/m1/s1. The van der Waals surface area contributed by atoms with Crippen molar-refractivity contribution in [3.05, 3.63) is 69.3 Å². The molecule has 0 radical (unpaired) electrons. The molecule has 0 amide bonds. The molecule has 0 unspecified atom stereocenters. The molecule has 44 heavy (non-hydrogen) atoms. The third kappa shape index (κ3) is 5.74. The average Bonchev–Trinajstić information content (AvgIpc) is 3.65. The van der Waals surface area contributed by atoms with E-state index in [2.05, 4.69) is 41.2 Å². The molecule has 3 heterocycles. The number of aliphatic hydroxyl groups is 2. The third-order valence-corrected chi connectivity index (χ3v) is 7.59. The van der Waals surface area contributed by atoms with Gasteiger partial charge >= 0.3 is 6.36 Å². The number of benzene rings is 2. The number of alkyl halides is 3. The molecule has 11 nitrogen and oxygen atoms in total. The van der Waals surface area contributed by atoms with E-state index in [-0.39, 0.29) is 16.5 Å². The van der Waals surface area contributed by atoms with Crippen LogP contribution >= 0.6 is 27.5 Å². The van der Waals surface area contributed by atoms with Crippen molar-refractivity contribution in [3.8, 4) is 22.7 Å². The van der Waals surface area contributed by atoms with Gasteiger partial charge in [0.05, 0.1) is 28.5 Å². The van der Waals surface area contributed by atoms with Gasteiger partial charge in [0.25, 0.3) is 0 Å². The molecule has 0 saturated carbocycles. The minimum atomic E-state index is -5.09. The van der Waals surface area contributed by atoms with Crippen LogP contribution in [0.3, 0.4) is 0 Å². The highest BCUT2D eigenvalue weighted by molar-refractivity contribution is 9.10. The maximum absolute atomic E-state index is 14.7. The molecule has 2 N–H and O–H groups in total. The van der Waals surface area contributed by atoms with Gasteiger partial charge in [-0.2, -0.15) is 0 Å². The molecule has 4 aromatic rings. The molecular weight excluding hydrogens is 701 g/mol. The van der Waals surface area contributed by atoms with E-state index in [1.807, 2.05) is 0 Å². The molecule has 2 aromatic heterocycles. The van der Waals surface area contributed by atoms with Crippen molar-refractivity contribution in [2.45, 2.75) is 36.8 Å². The van der Waals surface area contributed by atoms with Crippen LogP contribution in [0.5, 0.6) is 5.75 Å². The number of halogens is 9. The summed E-state index contributed by atoms with van der Waals surface area (Å²) in [5, 5.41) is 36.1. The van der Waals surface area contributed by atoms with E-state index in [4.69, 9.17) is 21.1 Å². The third-order valence-electron chi connectivity index (χ3n) is 6.66. The summed E-state index contributed by atoms with van der Waals surface area (Å²) in [7, 11) is 1.16. The topological polar surface area (TPSA) is 130 Å². The summed E-state index contributed by atoms with van der Waals surface area (Å²) in [6, 6.07) is 1.83. The number of hydrogen-bond acceptors (Lipinski definition) is 9. The van der Waals surface area contributed by atoms with Crippen LogP contribution in [0.15, 0.2) is 35.2 Å². The summed E-state index contributed by atoms with van der Waals surface area (Å²) < 4.78 is 114. The van der Waals surface area contributed by atoms with Crippen molar-refractivity contribution < 1.29 is 55.2 Å². The summed E-state index contributed by atoms with van der Waals surface area (Å²) in [6.45, 7) is -0.813. The highest BCUT2D eigenvalue weighted by Gasteiger charge is 2.49. The normalized spacial score (nSPS) is 22.4. The second-order valence-corrected chi connectivity index (χ2v) is 10.4. The van der Waals surface area contributed by atoms with Crippen LogP contribution in [0, 0.1) is 23.3 Å². The molecule has 5 rings (SSSR count). The largest absolute Gasteiger partial charge is 0.573 e. The van der Waals surface area contributed by atoms with Crippen molar-refractivity contribution in [2.75, 3.05) is 13.7 Å². The first-order valence-corrected chi connectivity index (χ1v) is 13.3. The Labute approximate surface area is 254 Å². The lowest BCUT2D eigenvalue weighted by Gasteiger charge is -2.43. The molecular formula is C24H17BrClF7N6O5. The highest BCUT2D eigenvalue weighted by atomic mass is 79.9. The predicted molar refractivity (Wildman–Crippen MR) is 137 cm³/mol. The Morgan fingerprint density at radius 3 is 2.39 bits per heavy atom. The molecule has 5 atom stereocenters. The molecule has 2 aromatic carbocycles. The van der Waals surface area contributed by atoms with Gasteiger partial charge in [0.15, 0.2) is 34.8 Å². The number of aromatic nitrogens is 6. The van der Waals surface area contributed by atoms with Gasteiger partial charge in [-0.1, -0.05) is 16.8 Å². The Bertz CT molecular complexity index is 1660. The zero-order valence-electron chi connectivity index (χ0n) is 21.7. The minimum Gasteiger partial charge on any atom is -0.404 e. The monoisotopic (exact) mass is 716 g/mol. The fourth-order valence-corrected chi connectivity index (χ4v) is 5.26. The van der Waals surface area contributed by atoms with Crippen molar-refractivity contribution in [1.29, 1.82) is 0 Å². The van der Waals surface area contributed by atoms with Crippen LogP contribution in [-0.4, -0.2) is 78.4 Å². The Kier molecular flexibility index (Phi) is 8.89. The zero-order chi connectivity index (χ0) is 32.1. The van der Waals surface area contributed by atoms with Crippen LogP contribution in [0.4, 0.5) is 30.7 Å². The number of nitrogens with zero attached hydrogens (tertiary/aromatic N) is 6. The fourth-order valence-electron chi connectivity index (χ4n) is 4.75. The Hall–Kier alpha value is -3.36. The molecule has 20 heteroatoms. The molecule has 1 aliphatic heterocycles. The van der Waals surface area contributed by atoms with E-state index < -0.39 is 88.2 Å². The van der Waals surface area contributed by atoms with Crippen LogP contribution in [-0.2, 0) is 9.47 Å². The molecule has 236 valence electrons. The van der Waals surface area contributed by atoms with E-state index in [1.54, 1.807) is 0 Å². The van der Waals surface area contributed by atoms with Gasteiger partial charge in [0.2, 0.25) is 0 Å². The predicted octanol–water partition coefficient (Wildman–Crippen LogP) is 4.45. The molecule has 0 bridgehead atoms. The Morgan fingerprint density at radius 1 is 1.09 bits per heavy atom. The summed E-state index contributed by atoms with van der Waals surface area (Å²) in [5.41, 5.74) is -2.14. The van der Waals surface area contributed by atoms with Gasteiger partial charge in [-0.25, -0.2) is 22.2 Å². The van der Waals surface area contributed by atoms with Crippen LogP contribution in [0.2, 0.25) is 5.02 Å². The first-order valence-electron chi connectivity index (χ1n) is 12.1. The first-order chi connectivity index (χ1) is 20.8. The first kappa shape index (κ1) is 32.0. The van der Waals surface area contributed by atoms with Gasteiger partial charge in [0, 0.05) is 12.1 Å². The summed E-state index contributed by atoms with van der Waals surface area (Å²) >= 11 is 8.46. The molecule has 1 aliphatic rings. The second kappa shape index (κ2) is 12.2. The fraction of sp³-hybridized carbons (Fsp3) is 0.333. The average molecular weight is 718 g/mol. The molecule has 0 aliphatic carbocycles. The Balaban J connectivity index is 1.59. The van der Waals surface area contributed by atoms with Gasteiger partial charge in [-0.05, 0) is 34.1 Å². The van der Waals surface area contributed by atoms with Crippen molar-refractivity contribution >= 4 is 27.5 Å². The lowest BCUT2D eigenvalue weighted by Crippen LogP contribution is -2.53. The zero-order valence-corrected chi connectivity index (χ0v) is 24.0. The Morgan fingerprint density at radius 2 is 1.77 bits per heavy atom. The number of hydrogen-bond donors (Lipinski definition) is 2. The number of aliphatic hydroxyl groups excluding tert-OH is 2. The molecule has 1 saturated heterocycles. The maximum Gasteiger partial charge on any atom is 0.573 e. The van der Waals surface area contributed by atoms with E-state index >= 15 is 0 Å². The summed E-state index contributed by atoms with van der Waals surface area (Å²) in [4.78, 5) is 0. The molecule has 1 fully saturated rings. The van der Waals surface area contributed by atoms with Crippen molar-refractivity contribution in [3.63, 3.8) is 0 Å². The van der Waals surface area contributed by atoms with Crippen LogP contribution < -0.4 is 4.74 Å². The second-order valence-electron chi connectivity index (χ2n) is 9.21. The van der Waals surface area contributed by atoms with Gasteiger partial charge in [-0.3, -0.25) is 4.57 Å².